The Morgan fingerprint density at radius 2 is 2.14 bits per heavy atom. The molecule has 1 aromatic carbocycles. The first-order chi connectivity index (χ1) is 13.6. The minimum atomic E-state index is 0.127. The second kappa shape index (κ2) is 8.12. The molecule has 1 amide bonds. The zero-order valence-electron chi connectivity index (χ0n) is 15.2. The van der Waals surface area contributed by atoms with Crippen LogP contribution in [0, 0.1) is 0 Å². The van der Waals surface area contributed by atoms with Crippen LogP contribution >= 0.6 is 15.9 Å². The summed E-state index contributed by atoms with van der Waals surface area (Å²) in [5.41, 5.74) is 7.71. The van der Waals surface area contributed by atoms with Crippen LogP contribution < -0.4 is 5.73 Å². The zero-order chi connectivity index (χ0) is 19.5. The van der Waals surface area contributed by atoms with Crippen LogP contribution in [-0.2, 0) is 11.3 Å². The van der Waals surface area contributed by atoms with E-state index in [1.807, 2.05) is 41.3 Å². The van der Waals surface area contributed by atoms with E-state index in [-0.39, 0.29) is 5.91 Å². The highest BCUT2D eigenvalue weighted by Gasteiger charge is 2.23. The monoisotopic (exact) mass is 441 g/mol. The van der Waals surface area contributed by atoms with Crippen molar-refractivity contribution in [3.8, 4) is 0 Å². The van der Waals surface area contributed by atoms with Crippen LogP contribution in [0.3, 0.4) is 0 Å². The molecule has 0 aliphatic carbocycles. The quantitative estimate of drug-likeness (QED) is 0.654. The fraction of sp³-hybridized carbons (Fsp3) is 0.250. The fourth-order valence-electron chi connectivity index (χ4n) is 3.26. The van der Waals surface area contributed by atoms with E-state index in [0.29, 0.717) is 32.0 Å². The summed E-state index contributed by atoms with van der Waals surface area (Å²) in [5, 5.41) is 0.831. The van der Waals surface area contributed by atoms with E-state index in [2.05, 4.69) is 30.8 Å². The van der Waals surface area contributed by atoms with Crippen LogP contribution in [-0.4, -0.2) is 51.9 Å². The van der Waals surface area contributed by atoms with Gasteiger partial charge in [-0.15, -0.1) is 0 Å². The van der Waals surface area contributed by atoms with Gasteiger partial charge in [-0.25, -0.2) is 9.97 Å². The smallest absolute Gasteiger partial charge is 0.237 e. The predicted molar refractivity (Wildman–Crippen MR) is 111 cm³/mol. The molecule has 7 nitrogen and oxygen atoms in total. The fourth-order valence-corrected chi connectivity index (χ4v) is 3.58. The third-order valence-electron chi connectivity index (χ3n) is 4.74. The van der Waals surface area contributed by atoms with Crippen LogP contribution in [0.15, 0.2) is 51.8 Å². The number of nitrogen functional groups attached to an aromatic ring is 1. The molecule has 8 heteroatoms. The van der Waals surface area contributed by atoms with E-state index >= 15 is 0 Å². The molecule has 2 N–H and O–H groups in total. The molecular weight excluding hydrogens is 422 g/mol. The zero-order valence-corrected chi connectivity index (χ0v) is 16.8. The summed E-state index contributed by atoms with van der Waals surface area (Å²) in [4.78, 5) is 24.8. The largest absolute Gasteiger partial charge is 0.464 e. The lowest BCUT2D eigenvalue weighted by atomic mass is 10.1. The van der Waals surface area contributed by atoms with E-state index < -0.39 is 0 Å². The predicted octanol–water partition coefficient (Wildman–Crippen LogP) is 2.93. The van der Waals surface area contributed by atoms with Gasteiger partial charge in [-0.3, -0.25) is 9.69 Å². The van der Waals surface area contributed by atoms with E-state index in [1.165, 1.54) is 6.33 Å². The normalized spacial score (nSPS) is 15.8. The summed E-state index contributed by atoms with van der Waals surface area (Å²) in [6.45, 7) is 3.23. The first kappa shape index (κ1) is 18.6. The number of nitrogens with zero attached hydrogens (tertiary/aromatic N) is 4. The van der Waals surface area contributed by atoms with Crippen molar-refractivity contribution in [2.24, 2.45) is 0 Å². The second-order valence-corrected chi connectivity index (χ2v) is 7.65. The van der Waals surface area contributed by atoms with Gasteiger partial charge in [0, 0.05) is 31.6 Å². The molecule has 1 saturated heterocycles. The molecule has 1 fully saturated rings. The van der Waals surface area contributed by atoms with Crippen LogP contribution in [0.2, 0.25) is 0 Å². The minimum Gasteiger partial charge on any atom is -0.464 e. The number of furan rings is 1. The van der Waals surface area contributed by atoms with Crippen molar-refractivity contribution >= 4 is 44.6 Å². The van der Waals surface area contributed by atoms with Gasteiger partial charge in [-0.2, -0.15) is 0 Å². The number of hydrogen-bond donors (Lipinski definition) is 1. The molecule has 1 aliphatic heterocycles. The number of fused-ring (bicyclic) bond motifs is 1. The maximum Gasteiger partial charge on any atom is 0.237 e. The number of aromatic nitrogens is 2. The highest BCUT2D eigenvalue weighted by Crippen LogP contribution is 2.19. The number of halogens is 1. The van der Waals surface area contributed by atoms with E-state index in [0.717, 1.165) is 33.2 Å². The molecule has 28 heavy (non-hydrogen) atoms. The van der Waals surface area contributed by atoms with Gasteiger partial charge in [0.15, 0.2) is 0 Å². The number of carbonyl (C=O) groups is 1. The minimum absolute atomic E-state index is 0.127. The number of benzene rings is 1. The Kier molecular flexibility index (Phi) is 5.40. The topological polar surface area (TPSA) is 88.5 Å². The number of hydrogen-bond acceptors (Lipinski definition) is 6. The van der Waals surface area contributed by atoms with Crippen LogP contribution in [0.4, 0.5) is 5.82 Å². The average Bonchev–Trinajstić information content (AvgIpc) is 3.09. The highest BCUT2D eigenvalue weighted by molar-refractivity contribution is 9.10. The van der Waals surface area contributed by atoms with Crippen LogP contribution in [0.25, 0.3) is 17.0 Å². The Morgan fingerprint density at radius 1 is 1.25 bits per heavy atom. The molecule has 3 aromatic rings. The number of amides is 1. The maximum atomic E-state index is 12.6. The Bertz CT molecular complexity index is 1030. The van der Waals surface area contributed by atoms with E-state index in [9.17, 15) is 4.79 Å². The summed E-state index contributed by atoms with van der Waals surface area (Å²) in [6, 6.07) is 7.77. The van der Waals surface area contributed by atoms with Crippen LogP contribution in [0.1, 0.15) is 11.3 Å². The Balaban J connectivity index is 1.34. The lowest BCUT2D eigenvalue weighted by Crippen LogP contribution is -2.49. The molecule has 0 unspecified atom stereocenters. The van der Waals surface area contributed by atoms with Gasteiger partial charge in [0.25, 0.3) is 0 Å². The van der Waals surface area contributed by atoms with Crippen molar-refractivity contribution < 1.29 is 9.21 Å². The third kappa shape index (κ3) is 4.23. The molecule has 0 bridgehead atoms. The molecule has 0 saturated carbocycles. The van der Waals surface area contributed by atoms with E-state index in [4.69, 9.17) is 10.2 Å². The number of rotatable bonds is 5. The SMILES string of the molecule is Nc1ncnc2cc(CN3CCN(CC=Cc4cc(Br)co4)CC3=O)ccc12. The standard InChI is InChI=1S/C20H20BrN5O2/c21-15-9-16(28-12-15)2-1-5-25-6-7-26(19(27)11-25)10-14-3-4-17-18(8-14)23-13-24-20(17)22/h1-4,8-9,12-13H,5-7,10-11H2,(H2,22,23,24). The maximum absolute atomic E-state index is 12.6. The van der Waals surface area contributed by atoms with E-state index in [1.54, 1.807) is 6.26 Å². The molecule has 0 radical (unpaired) electrons. The first-order valence-electron chi connectivity index (χ1n) is 8.98. The highest BCUT2D eigenvalue weighted by atomic mass is 79.9. The van der Waals surface area contributed by atoms with Gasteiger partial charge in [0.2, 0.25) is 5.91 Å². The number of carbonyl (C=O) groups excluding carboxylic acids is 1. The average molecular weight is 442 g/mol. The Morgan fingerprint density at radius 3 is 2.93 bits per heavy atom. The number of anilines is 1. The van der Waals surface area contributed by atoms with Crippen LogP contribution in [0.5, 0.6) is 0 Å². The lowest BCUT2D eigenvalue weighted by molar-refractivity contribution is -0.136. The molecule has 2 aromatic heterocycles. The molecule has 4 rings (SSSR count). The first-order valence-corrected chi connectivity index (χ1v) is 9.77. The van der Waals surface area contributed by atoms with Gasteiger partial charge in [0.05, 0.1) is 16.5 Å². The van der Waals surface area contributed by atoms with Crippen molar-refractivity contribution in [1.82, 2.24) is 19.8 Å². The summed E-state index contributed by atoms with van der Waals surface area (Å²) in [7, 11) is 0. The van der Waals surface area contributed by atoms with Crippen molar-refractivity contribution in [2.45, 2.75) is 6.54 Å². The van der Waals surface area contributed by atoms with Gasteiger partial charge < -0.3 is 15.1 Å². The van der Waals surface area contributed by atoms with Crippen molar-refractivity contribution in [3.05, 3.63) is 58.7 Å². The molecule has 144 valence electrons. The van der Waals surface area contributed by atoms with Crippen molar-refractivity contribution in [3.63, 3.8) is 0 Å². The number of piperazine rings is 1. The van der Waals surface area contributed by atoms with Gasteiger partial charge in [-0.05, 0) is 45.8 Å². The molecule has 0 atom stereocenters. The second-order valence-electron chi connectivity index (χ2n) is 6.73. The molecule has 0 spiro atoms. The summed E-state index contributed by atoms with van der Waals surface area (Å²) < 4.78 is 6.27. The third-order valence-corrected chi connectivity index (χ3v) is 5.15. The summed E-state index contributed by atoms with van der Waals surface area (Å²) in [5.74, 6) is 1.39. The molecular formula is C20H20BrN5O2. The van der Waals surface area contributed by atoms with Crippen molar-refractivity contribution in [2.75, 3.05) is 31.9 Å². The Hall–Kier alpha value is -2.71. The van der Waals surface area contributed by atoms with Gasteiger partial charge in [-0.1, -0.05) is 12.1 Å². The summed E-state index contributed by atoms with van der Waals surface area (Å²) in [6.07, 6.45) is 7.04. The van der Waals surface area contributed by atoms with Crippen molar-refractivity contribution in [1.29, 1.82) is 0 Å². The van der Waals surface area contributed by atoms with Gasteiger partial charge >= 0.3 is 0 Å². The van der Waals surface area contributed by atoms with Gasteiger partial charge in [0.1, 0.15) is 24.2 Å². The number of nitrogens with two attached hydrogens (primary N) is 1. The Labute approximate surface area is 171 Å². The molecule has 1 aliphatic rings. The summed E-state index contributed by atoms with van der Waals surface area (Å²) >= 11 is 3.36. The lowest BCUT2D eigenvalue weighted by Gasteiger charge is -2.33. The molecule has 3 heterocycles.